The number of nitrogens with zero attached hydrogens (tertiary/aromatic N) is 4. The van der Waals surface area contributed by atoms with Gasteiger partial charge in [-0.25, -0.2) is 0 Å². The number of hydrogen-bond acceptors (Lipinski definition) is 6. The summed E-state index contributed by atoms with van der Waals surface area (Å²) < 4.78 is 12.7. The maximum Gasteiger partial charge on any atom is 0.233 e. The molecule has 7 nitrogen and oxygen atoms in total. The van der Waals surface area contributed by atoms with Gasteiger partial charge < -0.3 is 14.1 Å². The highest BCUT2D eigenvalue weighted by Gasteiger charge is 2.19. The fourth-order valence-corrected chi connectivity index (χ4v) is 4.10. The topological polar surface area (TPSA) is 73.4 Å². The van der Waals surface area contributed by atoms with Crippen LogP contribution < -0.4 is 4.74 Å². The van der Waals surface area contributed by atoms with E-state index in [1.165, 1.54) is 11.8 Å². The lowest BCUT2D eigenvalue weighted by Gasteiger charge is -2.17. The van der Waals surface area contributed by atoms with E-state index in [0.717, 1.165) is 16.9 Å². The van der Waals surface area contributed by atoms with Crippen LogP contribution in [0.4, 0.5) is 0 Å². The summed E-state index contributed by atoms with van der Waals surface area (Å²) in [6.45, 7) is 1.11. The van der Waals surface area contributed by atoms with Gasteiger partial charge in [-0.3, -0.25) is 9.36 Å². The summed E-state index contributed by atoms with van der Waals surface area (Å²) >= 11 is 1.37. The maximum absolute atomic E-state index is 12.8. The zero-order valence-electron chi connectivity index (χ0n) is 18.0. The highest BCUT2D eigenvalue weighted by Crippen LogP contribution is 2.26. The van der Waals surface area contributed by atoms with Gasteiger partial charge in [0.15, 0.2) is 10.9 Å². The summed E-state index contributed by atoms with van der Waals surface area (Å²) in [5.41, 5.74) is 2.16. The van der Waals surface area contributed by atoms with Crippen LogP contribution in [0, 0.1) is 0 Å². The first-order chi connectivity index (χ1) is 15.6. The number of carbonyl (C=O) groups excluding carboxylic acids is 1. The molecule has 0 radical (unpaired) electrons. The van der Waals surface area contributed by atoms with Gasteiger partial charge in [0, 0.05) is 13.6 Å². The Bertz CT molecular complexity index is 1140. The lowest BCUT2D eigenvalue weighted by Crippen LogP contribution is -2.27. The minimum Gasteiger partial charge on any atom is -0.497 e. The van der Waals surface area contributed by atoms with E-state index in [1.54, 1.807) is 25.3 Å². The normalized spacial score (nSPS) is 10.8. The van der Waals surface area contributed by atoms with Crippen molar-refractivity contribution in [3.63, 3.8) is 0 Å². The van der Waals surface area contributed by atoms with Gasteiger partial charge >= 0.3 is 0 Å². The molecule has 164 valence electrons. The first kappa shape index (κ1) is 21.7. The second kappa shape index (κ2) is 10.2. The van der Waals surface area contributed by atoms with Crippen molar-refractivity contribution < 1.29 is 13.9 Å². The summed E-state index contributed by atoms with van der Waals surface area (Å²) in [6, 6.07) is 21.5. The number of amides is 1. The van der Waals surface area contributed by atoms with Gasteiger partial charge in [-0.15, -0.1) is 10.2 Å². The van der Waals surface area contributed by atoms with Crippen molar-refractivity contribution in [2.75, 3.05) is 19.9 Å². The largest absolute Gasteiger partial charge is 0.497 e. The Morgan fingerprint density at radius 3 is 2.50 bits per heavy atom. The van der Waals surface area contributed by atoms with E-state index in [1.807, 2.05) is 71.3 Å². The molecule has 0 saturated heterocycles. The number of hydrogen-bond donors (Lipinski definition) is 0. The lowest BCUT2D eigenvalue weighted by molar-refractivity contribution is -0.127. The predicted octanol–water partition coefficient (Wildman–Crippen LogP) is 4.35. The van der Waals surface area contributed by atoms with Gasteiger partial charge in [0.25, 0.3) is 0 Å². The number of thioether (sulfide) groups is 1. The van der Waals surface area contributed by atoms with Gasteiger partial charge in [-0.2, -0.15) is 0 Å². The molecule has 8 heteroatoms. The van der Waals surface area contributed by atoms with Crippen LogP contribution in [-0.2, 0) is 17.9 Å². The van der Waals surface area contributed by atoms with Gasteiger partial charge in [-0.05, 0) is 35.4 Å². The molecule has 0 N–H and O–H groups in total. The molecule has 32 heavy (non-hydrogen) atoms. The van der Waals surface area contributed by atoms with Crippen molar-refractivity contribution in [3.8, 4) is 17.3 Å². The summed E-state index contributed by atoms with van der Waals surface area (Å²) in [5.74, 6) is 2.35. The van der Waals surface area contributed by atoms with Gasteiger partial charge in [-0.1, -0.05) is 54.2 Å². The molecule has 0 aliphatic heterocycles. The summed E-state index contributed by atoms with van der Waals surface area (Å²) in [6.07, 6.45) is 1.61. The number of aromatic nitrogens is 3. The molecule has 0 atom stereocenters. The molecule has 0 unspecified atom stereocenters. The molecule has 2 heterocycles. The highest BCUT2D eigenvalue weighted by atomic mass is 32.2. The van der Waals surface area contributed by atoms with Gasteiger partial charge in [0.05, 0.1) is 25.7 Å². The zero-order valence-corrected chi connectivity index (χ0v) is 18.8. The van der Waals surface area contributed by atoms with Gasteiger partial charge in [0.1, 0.15) is 5.75 Å². The first-order valence-electron chi connectivity index (χ1n) is 10.1. The molecular formula is C24H24N4O3S. The van der Waals surface area contributed by atoms with Crippen molar-refractivity contribution in [2.45, 2.75) is 18.2 Å². The summed E-state index contributed by atoms with van der Waals surface area (Å²) in [7, 11) is 3.44. The van der Waals surface area contributed by atoms with E-state index in [-0.39, 0.29) is 11.7 Å². The van der Waals surface area contributed by atoms with Crippen LogP contribution in [0.15, 0.2) is 82.6 Å². The quantitative estimate of drug-likeness (QED) is 0.355. The van der Waals surface area contributed by atoms with Crippen LogP contribution in [-0.4, -0.2) is 45.5 Å². The Labute approximate surface area is 191 Å². The van der Waals surface area contributed by atoms with E-state index in [9.17, 15) is 4.79 Å². The molecular weight excluding hydrogens is 424 g/mol. The van der Waals surface area contributed by atoms with Crippen LogP contribution in [0.25, 0.3) is 11.6 Å². The average molecular weight is 449 g/mol. The average Bonchev–Trinajstić information content (AvgIpc) is 3.49. The molecule has 0 aliphatic rings. The maximum atomic E-state index is 12.8. The smallest absolute Gasteiger partial charge is 0.233 e. The molecule has 2 aromatic heterocycles. The van der Waals surface area contributed by atoms with Crippen molar-refractivity contribution in [2.24, 2.45) is 0 Å². The Hall–Kier alpha value is -3.52. The molecule has 0 aliphatic carbocycles. The third kappa shape index (κ3) is 5.20. The van der Waals surface area contributed by atoms with E-state index >= 15 is 0 Å². The SMILES string of the molecule is COc1ccc(CN(C)C(=O)CSc2nnc(-c3ccco3)n2Cc2ccccc2)cc1. The van der Waals surface area contributed by atoms with Crippen molar-refractivity contribution in [1.82, 2.24) is 19.7 Å². The van der Waals surface area contributed by atoms with E-state index in [0.29, 0.717) is 29.8 Å². The van der Waals surface area contributed by atoms with Gasteiger partial charge in [0.2, 0.25) is 11.7 Å². The first-order valence-corrected chi connectivity index (χ1v) is 11.1. The Morgan fingerprint density at radius 1 is 1.03 bits per heavy atom. The fourth-order valence-electron chi connectivity index (χ4n) is 3.22. The Morgan fingerprint density at radius 2 is 1.81 bits per heavy atom. The number of ether oxygens (including phenoxy) is 1. The Balaban J connectivity index is 1.45. The fraction of sp³-hybridized carbons (Fsp3) is 0.208. The molecule has 0 saturated carbocycles. The lowest BCUT2D eigenvalue weighted by atomic mass is 10.2. The Kier molecular flexibility index (Phi) is 6.91. The second-order valence-electron chi connectivity index (χ2n) is 7.24. The predicted molar refractivity (Wildman–Crippen MR) is 123 cm³/mol. The number of carbonyl (C=O) groups is 1. The third-order valence-electron chi connectivity index (χ3n) is 4.97. The zero-order chi connectivity index (χ0) is 22.3. The van der Waals surface area contributed by atoms with Crippen LogP contribution in [0.3, 0.4) is 0 Å². The second-order valence-corrected chi connectivity index (χ2v) is 8.18. The number of benzene rings is 2. The number of methoxy groups -OCH3 is 1. The minimum atomic E-state index is 0.0135. The van der Waals surface area contributed by atoms with Crippen LogP contribution >= 0.6 is 11.8 Å². The number of furan rings is 1. The third-order valence-corrected chi connectivity index (χ3v) is 5.92. The van der Waals surface area contributed by atoms with Crippen LogP contribution in [0.1, 0.15) is 11.1 Å². The van der Waals surface area contributed by atoms with Crippen LogP contribution in [0.5, 0.6) is 5.75 Å². The van der Waals surface area contributed by atoms with Crippen molar-refractivity contribution in [1.29, 1.82) is 0 Å². The molecule has 4 aromatic rings. The summed E-state index contributed by atoms with van der Waals surface area (Å²) in [4.78, 5) is 14.5. The van der Waals surface area contributed by atoms with E-state index < -0.39 is 0 Å². The molecule has 2 aromatic carbocycles. The highest BCUT2D eigenvalue weighted by molar-refractivity contribution is 7.99. The monoisotopic (exact) mass is 448 g/mol. The standard InChI is InChI=1S/C24H24N4O3S/c1-27(15-19-10-12-20(30-2)13-11-19)22(29)17-32-24-26-25-23(21-9-6-14-31-21)28(24)16-18-7-4-3-5-8-18/h3-14H,15-17H2,1-2H3. The summed E-state index contributed by atoms with van der Waals surface area (Å²) in [5, 5.41) is 9.33. The van der Waals surface area contributed by atoms with Crippen LogP contribution in [0.2, 0.25) is 0 Å². The minimum absolute atomic E-state index is 0.0135. The van der Waals surface area contributed by atoms with E-state index in [4.69, 9.17) is 9.15 Å². The molecule has 4 rings (SSSR count). The molecule has 1 amide bonds. The molecule has 0 spiro atoms. The van der Waals surface area contributed by atoms with Crippen molar-refractivity contribution >= 4 is 17.7 Å². The number of rotatable bonds is 9. The molecule has 0 fully saturated rings. The van der Waals surface area contributed by atoms with Crippen molar-refractivity contribution in [3.05, 3.63) is 84.1 Å². The van der Waals surface area contributed by atoms with E-state index in [2.05, 4.69) is 10.2 Å². The molecule has 0 bridgehead atoms.